The summed E-state index contributed by atoms with van der Waals surface area (Å²) in [6.07, 6.45) is 6.18. The summed E-state index contributed by atoms with van der Waals surface area (Å²) in [6.45, 7) is 1.94. The molecule has 3 rings (SSSR count). The Morgan fingerprint density at radius 1 is 1.31 bits per heavy atom. The van der Waals surface area contributed by atoms with Crippen molar-refractivity contribution in [3.63, 3.8) is 0 Å². The van der Waals surface area contributed by atoms with E-state index >= 15 is 0 Å². The molecule has 1 aromatic carbocycles. The lowest BCUT2D eigenvalue weighted by molar-refractivity contribution is -0.136. The maximum atomic E-state index is 12.8. The van der Waals surface area contributed by atoms with E-state index < -0.39 is 5.41 Å². The minimum Gasteiger partial charge on any atom is -0.497 e. The molecule has 1 aliphatic heterocycles. The van der Waals surface area contributed by atoms with Crippen molar-refractivity contribution >= 4 is 5.91 Å². The number of rotatable bonds is 7. The van der Waals surface area contributed by atoms with Gasteiger partial charge in [0.25, 0.3) is 0 Å². The number of carbonyl (C=O) groups is 1. The molecule has 0 unspecified atom stereocenters. The Morgan fingerprint density at radius 3 is 2.69 bits per heavy atom. The van der Waals surface area contributed by atoms with E-state index in [1.165, 1.54) is 12.8 Å². The van der Waals surface area contributed by atoms with Gasteiger partial charge in [-0.05, 0) is 50.7 Å². The monoisotopic (exact) mass is 362 g/mol. The topological polar surface area (TPSA) is 82.8 Å². The van der Waals surface area contributed by atoms with E-state index in [-0.39, 0.29) is 12.0 Å². The van der Waals surface area contributed by atoms with Gasteiger partial charge in [0.15, 0.2) is 0 Å². The van der Waals surface area contributed by atoms with Crippen LogP contribution in [-0.4, -0.2) is 38.9 Å². The van der Waals surface area contributed by atoms with Gasteiger partial charge < -0.3 is 25.3 Å². The molecule has 1 saturated carbocycles. The van der Waals surface area contributed by atoms with E-state index in [2.05, 4.69) is 5.32 Å². The summed E-state index contributed by atoms with van der Waals surface area (Å²) < 4.78 is 16.9. The molecule has 1 aromatic rings. The Kier molecular flexibility index (Phi) is 6.38. The summed E-state index contributed by atoms with van der Waals surface area (Å²) in [4.78, 5) is 12.8. The number of hydrogen-bond donors (Lipinski definition) is 2. The normalized spacial score (nSPS) is 19.9. The number of nitrogens with one attached hydrogen (secondary N) is 1. The number of carbonyl (C=O) groups excluding carboxylic acids is 1. The van der Waals surface area contributed by atoms with Gasteiger partial charge in [0.1, 0.15) is 11.5 Å². The summed E-state index contributed by atoms with van der Waals surface area (Å²) in [5.74, 6) is 1.56. The molecule has 6 nitrogen and oxygen atoms in total. The SMILES string of the molecule is COc1ccc(CNC(=O)C2(CN)CCOCC2)c(OC2CCCC2)c1. The van der Waals surface area contributed by atoms with Gasteiger partial charge in [-0.1, -0.05) is 0 Å². The average Bonchev–Trinajstić information content (AvgIpc) is 3.20. The summed E-state index contributed by atoms with van der Waals surface area (Å²) in [5.41, 5.74) is 6.37. The number of hydrogen-bond acceptors (Lipinski definition) is 5. The first kappa shape index (κ1) is 19.0. The molecule has 0 atom stereocenters. The molecule has 1 saturated heterocycles. The van der Waals surface area contributed by atoms with Gasteiger partial charge in [-0.2, -0.15) is 0 Å². The van der Waals surface area contributed by atoms with Gasteiger partial charge in [-0.3, -0.25) is 4.79 Å². The lowest BCUT2D eigenvalue weighted by Gasteiger charge is -2.34. The molecule has 0 aromatic heterocycles. The van der Waals surface area contributed by atoms with E-state index in [0.717, 1.165) is 29.9 Å². The van der Waals surface area contributed by atoms with Crippen LogP contribution in [0.3, 0.4) is 0 Å². The van der Waals surface area contributed by atoms with Crippen LogP contribution in [0.15, 0.2) is 18.2 Å². The third-order valence-electron chi connectivity index (χ3n) is 5.63. The molecule has 1 amide bonds. The molecule has 2 fully saturated rings. The standard InChI is InChI=1S/C20H30N2O4/c1-24-17-7-6-15(18(12-17)26-16-4-2-3-5-16)13-22-19(23)20(14-21)8-10-25-11-9-20/h6-7,12,16H,2-5,8-11,13-14,21H2,1H3,(H,22,23). The predicted molar refractivity (Wildman–Crippen MR) is 99.3 cm³/mol. The van der Waals surface area contributed by atoms with Crippen molar-refractivity contribution in [1.29, 1.82) is 0 Å². The van der Waals surface area contributed by atoms with Crippen LogP contribution in [0.1, 0.15) is 44.1 Å². The maximum absolute atomic E-state index is 12.8. The van der Waals surface area contributed by atoms with Gasteiger partial charge >= 0.3 is 0 Å². The van der Waals surface area contributed by atoms with Gasteiger partial charge in [0.2, 0.25) is 5.91 Å². The van der Waals surface area contributed by atoms with Crippen molar-refractivity contribution in [2.75, 3.05) is 26.9 Å². The van der Waals surface area contributed by atoms with Crippen molar-refractivity contribution in [3.8, 4) is 11.5 Å². The largest absolute Gasteiger partial charge is 0.497 e. The highest BCUT2D eigenvalue weighted by molar-refractivity contribution is 5.83. The van der Waals surface area contributed by atoms with E-state index in [9.17, 15) is 4.79 Å². The van der Waals surface area contributed by atoms with Crippen LogP contribution in [0.4, 0.5) is 0 Å². The zero-order valence-electron chi connectivity index (χ0n) is 15.6. The fraction of sp³-hybridized carbons (Fsp3) is 0.650. The van der Waals surface area contributed by atoms with Crippen LogP contribution in [0, 0.1) is 5.41 Å². The Balaban J connectivity index is 1.68. The molecule has 6 heteroatoms. The second-order valence-corrected chi connectivity index (χ2v) is 7.28. The molecular formula is C20H30N2O4. The zero-order chi connectivity index (χ0) is 18.4. The summed E-state index contributed by atoms with van der Waals surface area (Å²) in [7, 11) is 1.65. The van der Waals surface area contributed by atoms with Crippen LogP contribution < -0.4 is 20.5 Å². The lowest BCUT2D eigenvalue weighted by atomic mass is 9.79. The molecule has 0 radical (unpaired) electrons. The minimum absolute atomic E-state index is 0.00549. The van der Waals surface area contributed by atoms with E-state index in [0.29, 0.717) is 39.1 Å². The Labute approximate surface area is 155 Å². The van der Waals surface area contributed by atoms with E-state index in [1.54, 1.807) is 7.11 Å². The van der Waals surface area contributed by atoms with Gasteiger partial charge in [-0.15, -0.1) is 0 Å². The molecule has 26 heavy (non-hydrogen) atoms. The quantitative estimate of drug-likeness (QED) is 0.778. The number of ether oxygens (including phenoxy) is 3. The van der Waals surface area contributed by atoms with Crippen LogP contribution in [0.2, 0.25) is 0 Å². The molecule has 144 valence electrons. The smallest absolute Gasteiger partial charge is 0.227 e. The van der Waals surface area contributed by atoms with E-state index in [4.69, 9.17) is 19.9 Å². The van der Waals surface area contributed by atoms with Crippen LogP contribution >= 0.6 is 0 Å². The van der Waals surface area contributed by atoms with E-state index in [1.807, 2.05) is 18.2 Å². The fourth-order valence-electron chi connectivity index (χ4n) is 3.75. The molecule has 1 aliphatic carbocycles. The molecule has 3 N–H and O–H groups in total. The van der Waals surface area contributed by atoms with Crippen molar-refractivity contribution in [3.05, 3.63) is 23.8 Å². The van der Waals surface area contributed by atoms with Crippen LogP contribution in [-0.2, 0) is 16.1 Å². The average molecular weight is 362 g/mol. The molecule has 2 aliphatic rings. The summed E-state index contributed by atoms with van der Waals surface area (Å²) in [5, 5.41) is 3.07. The van der Waals surface area contributed by atoms with Crippen molar-refractivity contribution < 1.29 is 19.0 Å². The minimum atomic E-state index is -0.517. The summed E-state index contributed by atoms with van der Waals surface area (Å²) in [6, 6.07) is 5.77. The highest BCUT2D eigenvalue weighted by Crippen LogP contribution is 2.32. The Bertz CT molecular complexity index is 608. The van der Waals surface area contributed by atoms with Crippen LogP contribution in [0.25, 0.3) is 0 Å². The molecule has 0 bridgehead atoms. The lowest BCUT2D eigenvalue weighted by Crippen LogP contribution is -2.49. The third kappa shape index (κ3) is 4.30. The first-order chi connectivity index (χ1) is 12.7. The highest BCUT2D eigenvalue weighted by atomic mass is 16.5. The number of nitrogens with two attached hydrogens (primary N) is 1. The zero-order valence-corrected chi connectivity index (χ0v) is 15.6. The molecule has 0 spiro atoms. The van der Waals surface area contributed by atoms with Gasteiger partial charge in [0, 0.05) is 37.9 Å². The summed E-state index contributed by atoms with van der Waals surface area (Å²) >= 11 is 0. The van der Waals surface area contributed by atoms with Gasteiger partial charge in [0.05, 0.1) is 18.6 Å². The third-order valence-corrected chi connectivity index (χ3v) is 5.63. The number of methoxy groups -OCH3 is 1. The number of benzene rings is 1. The fourth-order valence-corrected chi connectivity index (χ4v) is 3.75. The van der Waals surface area contributed by atoms with Crippen molar-refractivity contribution in [2.24, 2.45) is 11.1 Å². The van der Waals surface area contributed by atoms with Crippen molar-refractivity contribution in [2.45, 2.75) is 51.2 Å². The Hall–Kier alpha value is -1.79. The highest BCUT2D eigenvalue weighted by Gasteiger charge is 2.38. The number of amides is 1. The van der Waals surface area contributed by atoms with Crippen molar-refractivity contribution in [1.82, 2.24) is 5.32 Å². The second-order valence-electron chi connectivity index (χ2n) is 7.28. The molecule has 1 heterocycles. The first-order valence-electron chi connectivity index (χ1n) is 9.56. The molecular weight excluding hydrogens is 332 g/mol. The second kappa shape index (κ2) is 8.73. The maximum Gasteiger partial charge on any atom is 0.227 e. The van der Waals surface area contributed by atoms with Gasteiger partial charge in [-0.25, -0.2) is 0 Å². The first-order valence-corrected chi connectivity index (χ1v) is 9.56. The Morgan fingerprint density at radius 2 is 2.04 bits per heavy atom. The predicted octanol–water partition coefficient (Wildman–Crippen LogP) is 2.39. The van der Waals surface area contributed by atoms with Crippen LogP contribution in [0.5, 0.6) is 11.5 Å².